The van der Waals surface area contributed by atoms with Gasteiger partial charge in [0.1, 0.15) is 5.75 Å². The molecule has 10 heteroatoms. The summed E-state index contributed by atoms with van der Waals surface area (Å²) in [6.45, 7) is 13.4. The number of aliphatic hydroxyl groups excluding tert-OH is 1. The van der Waals surface area contributed by atoms with Gasteiger partial charge < -0.3 is 36.7 Å². The smallest absolute Gasteiger partial charge is 0.255 e. The minimum atomic E-state index is -0.916. The molecule has 0 saturated heterocycles. The fraction of sp³-hybridized carbons (Fsp3) is 0.719. The molecule has 10 nitrogen and oxygen atoms in total. The first-order chi connectivity index (χ1) is 19.8. The number of primary amides is 1. The number of nitrogens with one attached hydrogen (secondary N) is 2. The summed E-state index contributed by atoms with van der Waals surface area (Å²) in [6.07, 6.45) is 1.51. The molecule has 240 valence electrons. The fourth-order valence-corrected chi connectivity index (χ4v) is 4.80. The zero-order valence-corrected chi connectivity index (χ0v) is 26.7. The van der Waals surface area contributed by atoms with Gasteiger partial charge in [-0.3, -0.25) is 14.4 Å². The molecule has 0 radical (unpaired) electrons. The van der Waals surface area contributed by atoms with Crippen LogP contribution in [0.1, 0.15) is 84.0 Å². The molecule has 0 heterocycles. The van der Waals surface area contributed by atoms with Gasteiger partial charge in [-0.15, -0.1) is 0 Å². The first-order valence-electron chi connectivity index (χ1n) is 15.3. The quantitative estimate of drug-likeness (QED) is 0.137. The highest BCUT2D eigenvalue weighted by molar-refractivity contribution is 5.96. The van der Waals surface area contributed by atoms with E-state index in [9.17, 15) is 19.5 Å². The SMILES string of the molecule is COCCCCOc1ccccc1C(=O)NC[C@@H](C[C@H](N)[C@@H](O)C[C@H](C(=O)N[C@H](CC(N)=O)C(C)C)C(C)C)C(C)C. The molecular formula is C32H56N4O6. The molecule has 0 unspecified atom stereocenters. The molecule has 5 atom stereocenters. The van der Waals surface area contributed by atoms with Crippen molar-refractivity contribution >= 4 is 17.7 Å². The Balaban J connectivity index is 2.79. The maximum atomic E-state index is 13.1. The molecule has 0 aromatic heterocycles. The molecule has 0 aliphatic heterocycles. The Labute approximate surface area is 252 Å². The van der Waals surface area contributed by atoms with Crippen molar-refractivity contribution in [2.75, 3.05) is 26.9 Å². The van der Waals surface area contributed by atoms with Crippen molar-refractivity contribution in [2.45, 2.75) is 91.8 Å². The van der Waals surface area contributed by atoms with Gasteiger partial charge in [-0.2, -0.15) is 0 Å². The molecule has 1 aromatic rings. The summed E-state index contributed by atoms with van der Waals surface area (Å²) in [5.74, 6) is -0.680. The topological polar surface area (TPSA) is 166 Å². The molecule has 0 fully saturated rings. The molecule has 1 rings (SSSR count). The van der Waals surface area contributed by atoms with Crippen LogP contribution in [0, 0.1) is 29.6 Å². The summed E-state index contributed by atoms with van der Waals surface area (Å²) < 4.78 is 10.9. The van der Waals surface area contributed by atoms with Crippen LogP contribution in [-0.4, -0.2) is 67.9 Å². The van der Waals surface area contributed by atoms with Crippen molar-refractivity contribution in [1.29, 1.82) is 0 Å². The first kappa shape index (κ1) is 37.3. The average Bonchev–Trinajstić information content (AvgIpc) is 2.92. The van der Waals surface area contributed by atoms with E-state index in [1.165, 1.54) is 0 Å². The van der Waals surface area contributed by atoms with E-state index in [4.69, 9.17) is 20.9 Å². The number of hydrogen-bond donors (Lipinski definition) is 5. The molecule has 3 amide bonds. The number of rotatable bonds is 21. The minimum absolute atomic E-state index is 0.00735. The molecule has 42 heavy (non-hydrogen) atoms. The summed E-state index contributed by atoms with van der Waals surface area (Å²) in [5, 5.41) is 17.0. The number of nitrogens with two attached hydrogens (primary N) is 2. The van der Waals surface area contributed by atoms with Crippen molar-refractivity contribution in [3.63, 3.8) is 0 Å². The van der Waals surface area contributed by atoms with E-state index in [-0.39, 0.29) is 54.4 Å². The first-order valence-corrected chi connectivity index (χ1v) is 15.3. The Kier molecular flexibility index (Phi) is 17.3. The predicted octanol–water partition coefficient (Wildman–Crippen LogP) is 3.25. The second-order valence-electron chi connectivity index (χ2n) is 12.3. The van der Waals surface area contributed by atoms with Crippen LogP contribution < -0.4 is 26.8 Å². The molecule has 1 aromatic carbocycles. The number of carbonyl (C=O) groups excluding carboxylic acids is 3. The van der Waals surface area contributed by atoms with Gasteiger partial charge in [0.25, 0.3) is 5.91 Å². The number of amides is 3. The lowest BCUT2D eigenvalue weighted by atomic mass is 9.83. The van der Waals surface area contributed by atoms with Crippen LogP contribution in [0.5, 0.6) is 5.75 Å². The summed E-state index contributed by atoms with van der Waals surface area (Å²) in [5.41, 5.74) is 12.3. The zero-order valence-electron chi connectivity index (χ0n) is 26.7. The second-order valence-corrected chi connectivity index (χ2v) is 12.3. The number of aliphatic hydroxyl groups is 1. The average molecular weight is 593 g/mol. The minimum Gasteiger partial charge on any atom is -0.493 e. The van der Waals surface area contributed by atoms with Gasteiger partial charge in [0.05, 0.1) is 18.3 Å². The van der Waals surface area contributed by atoms with Crippen LogP contribution in [0.15, 0.2) is 24.3 Å². The van der Waals surface area contributed by atoms with Gasteiger partial charge in [-0.05, 0) is 61.5 Å². The van der Waals surface area contributed by atoms with Crippen LogP contribution in [0.4, 0.5) is 0 Å². The van der Waals surface area contributed by atoms with E-state index < -0.39 is 24.0 Å². The number of ether oxygens (including phenoxy) is 2. The molecule has 7 N–H and O–H groups in total. The Morgan fingerprint density at radius 1 is 0.929 bits per heavy atom. The van der Waals surface area contributed by atoms with Gasteiger partial charge in [-0.1, -0.05) is 53.7 Å². The highest BCUT2D eigenvalue weighted by atomic mass is 16.5. The maximum Gasteiger partial charge on any atom is 0.255 e. The van der Waals surface area contributed by atoms with Crippen LogP contribution in [0.3, 0.4) is 0 Å². The Bertz CT molecular complexity index is 955. The summed E-state index contributed by atoms with van der Waals surface area (Å²) in [7, 11) is 1.66. The Morgan fingerprint density at radius 2 is 1.57 bits per heavy atom. The third-order valence-electron chi connectivity index (χ3n) is 7.86. The van der Waals surface area contributed by atoms with Crippen molar-refractivity contribution in [2.24, 2.45) is 41.1 Å². The van der Waals surface area contributed by atoms with Gasteiger partial charge in [0, 0.05) is 44.7 Å². The van der Waals surface area contributed by atoms with E-state index in [2.05, 4.69) is 24.5 Å². The van der Waals surface area contributed by atoms with Crippen LogP contribution in [0.25, 0.3) is 0 Å². The zero-order chi connectivity index (χ0) is 31.8. The van der Waals surface area contributed by atoms with Crippen LogP contribution >= 0.6 is 0 Å². The van der Waals surface area contributed by atoms with E-state index in [0.29, 0.717) is 37.5 Å². The van der Waals surface area contributed by atoms with Crippen LogP contribution in [0.2, 0.25) is 0 Å². The summed E-state index contributed by atoms with van der Waals surface area (Å²) >= 11 is 0. The molecule has 0 spiro atoms. The number of benzene rings is 1. The second kappa shape index (κ2) is 19.5. The van der Waals surface area contributed by atoms with Crippen molar-refractivity contribution in [3.05, 3.63) is 29.8 Å². The number of para-hydroxylation sites is 1. The number of unbranched alkanes of at least 4 members (excludes halogenated alkanes) is 1. The van der Waals surface area contributed by atoms with Crippen molar-refractivity contribution < 1.29 is 29.0 Å². The summed E-state index contributed by atoms with van der Waals surface area (Å²) in [4.78, 5) is 37.7. The predicted molar refractivity (Wildman–Crippen MR) is 166 cm³/mol. The van der Waals surface area contributed by atoms with E-state index in [0.717, 1.165) is 12.8 Å². The highest BCUT2D eigenvalue weighted by Crippen LogP contribution is 2.24. The molecule has 0 bridgehead atoms. The number of methoxy groups -OCH3 is 1. The third kappa shape index (κ3) is 13.5. The lowest BCUT2D eigenvalue weighted by molar-refractivity contribution is -0.129. The fourth-order valence-electron chi connectivity index (χ4n) is 4.80. The lowest BCUT2D eigenvalue weighted by Gasteiger charge is -2.31. The standard InChI is InChI=1S/C32H56N4O6/c1-20(2)23(19-35-31(39)24-12-8-9-13-29(24)42-15-11-10-14-41-7)16-26(33)28(37)17-25(21(3)4)32(40)36-27(22(5)6)18-30(34)38/h8-9,12-13,20-23,25-28,37H,10-11,14-19,33H2,1-7H3,(H2,34,38)(H,35,39)(H,36,40)/t23-,25+,26+,27-,28+/m1/s1. The molecule has 0 saturated carbocycles. The van der Waals surface area contributed by atoms with E-state index in [1.807, 2.05) is 33.8 Å². The largest absolute Gasteiger partial charge is 0.493 e. The molecule has 0 aliphatic carbocycles. The normalized spacial score (nSPS) is 15.2. The number of carbonyl (C=O) groups is 3. The third-order valence-corrected chi connectivity index (χ3v) is 7.86. The van der Waals surface area contributed by atoms with E-state index >= 15 is 0 Å². The van der Waals surface area contributed by atoms with E-state index in [1.54, 1.807) is 25.3 Å². The molecular weight excluding hydrogens is 536 g/mol. The van der Waals surface area contributed by atoms with Gasteiger partial charge in [0.15, 0.2) is 0 Å². The van der Waals surface area contributed by atoms with Crippen molar-refractivity contribution in [1.82, 2.24) is 10.6 Å². The monoisotopic (exact) mass is 592 g/mol. The van der Waals surface area contributed by atoms with Gasteiger partial charge in [-0.25, -0.2) is 0 Å². The van der Waals surface area contributed by atoms with Gasteiger partial charge in [0.2, 0.25) is 11.8 Å². The van der Waals surface area contributed by atoms with Crippen molar-refractivity contribution in [3.8, 4) is 5.75 Å². The Morgan fingerprint density at radius 3 is 2.14 bits per heavy atom. The maximum absolute atomic E-state index is 13.1. The van der Waals surface area contributed by atoms with Crippen LogP contribution in [-0.2, 0) is 14.3 Å². The number of hydrogen-bond acceptors (Lipinski definition) is 7. The Hall–Kier alpha value is -2.69. The summed E-state index contributed by atoms with van der Waals surface area (Å²) in [6, 6.07) is 6.21. The van der Waals surface area contributed by atoms with Gasteiger partial charge >= 0.3 is 0 Å². The lowest BCUT2D eigenvalue weighted by Crippen LogP contribution is -2.47. The molecule has 0 aliphatic rings. The highest BCUT2D eigenvalue weighted by Gasteiger charge is 2.31.